The van der Waals surface area contributed by atoms with Crippen LogP contribution in [0.5, 0.6) is 0 Å². The first-order valence-corrected chi connectivity index (χ1v) is 41.8. The molecule has 0 amide bonds. The molecule has 7 atom stereocenters. The van der Waals surface area contributed by atoms with Crippen LogP contribution >= 0.6 is 15.6 Å². The van der Waals surface area contributed by atoms with E-state index in [9.17, 15) is 43.2 Å². The van der Waals surface area contributed by atoms with Gasteiger partial charge in [0.2, 0.25) is 0 Å². The lowest BCUT2D eigenvalue weighted by Crippen LogP contribution is -2.30. The lowest BCUT2D eigenvalue weighted by molar-refractivity contribution is -0.161. The molecule has 558 valence electrons. The Labute approximate surface area is 575 Å². The lowest BCUT2D eigenvalue weighted by atomic mass is 9.99. The molecule has 0 heterocycles. The average molecular weight is 1380 g/mol. The fourth-order valence-electron chi connectivity index (χ4n) is 11.3. The van der Waals surface area contributed by atoms with Gasteiger partial charge in [0.1, 0.15) is 19.3 Å². The number of aliphatic hydroxyl groups is 1. The van der Waals surface area contributed by atoms with Gasteiger partial charge in [0.05, 0.1) is 26.4 Å². The zero-order valence-electron chi connectivity index (χ0n) is 61.6. The highest BCUT2D eigenvalue weighted by Crippen LogP contribution is 2.45. The Kier molecular flexibility index (Phi) is 63.1. The molecule has 4 unspecified atom stereocenters. The molecule has 0 saturated heterocycles. The van der Waals surface area contributed by atoms with Crippen LogP contribution in [-0.2, 0) is 65.4 Å². The molecule has 3 N–H and O–H groups in total. The van der Waals surface area contributed by atoms with E-state index in [1.165, 1.54) is 173 Å². The summed E-state index contributed by atoms with van der Waals surface area (Å²) in [6.07, 6.45) is 48.7. The summed E-state index contributed by atoms with van der Waals surface area (Å²) in [5.41, 5.74) is 0. The molecule has 94 heavy (non-hydrogen) atoms. The van der Waals surface area contributed by atoms with Crippen molar-refractivity contribution >= 4 is 39.5 Å². The van der Waals surface area contributed by atoms with Gasteiger partial charge in [0.25, 0.3) is 0 Å². The predicted molar refractivity (Wildman–Crippen MR) is 381 cm³/mol. The second-order valence-electron chi connectivity index (χ2n) is 28.5. The van der Waals surface area contributed by atoms with E-state index in [2.05, 4.69) is 55.4 Å². The van der Waals surface area contributed by atoms with Crippen molar-refractivity contribution in [1.29, 1.82) is 0 Å². The third-order valence-corrected chi connectivity index (χ3v) is 19.9. The van der Waals surface area contributed by atoms with E-state index in [0.717, 1.165) is 120 Å². The Hall–Kier alpha value is -1.94. The van der Waals surface area contributed by atoms with Crippen molar-refractivity contribution in [3.8, 4) is 0 Å². The molecule has 0 aromatic carbocycles. The Morgan fingerprint density at radius 1 is 0.298 bits per heavy atom. The molecule has 19 heteroatoms. The smallest absolute Gasteiger partial charge is 0.462 e. The predicted octanol–water partition coefficient (Wildman–Crippen LogP) is 21.7. The molecule has 0 aromatic heterocycles. The average Bonchev–Trinajstić information content (AvgIpc) is 1.64. The van der Waals surface area contributed by atoms with Crippen LogP contribution in [0.15, 0.2) is 0 Å². The summed E-state index contributed by atoms with van der Waals surface area (Å²) in [7, 11) is -9.91. The number of hydrogen-bond donors (Lipinski definition) is 3. The maximum Gasteiger partial charge on any atom is 0.472 e. The summed E-state index contributed by atoms with van der Waals surface area (Å²) in [6.45, 7) is 14.1. The number of unbranched alkanes of at least 4 members (excludes halogenated alkanes) is 36. The summed E-state index contributed by atoms with van der Waals surface area (Å²) < 4.78 is 68.4. The zero-order chi connectivity index (χ0) is 69.6. The quantitative estimate of drug-likeness (QED) is 0.0222. The van der Waals surface area contributed by atoms with Gasteiger partial charge in [0.15, 0.2) is 12.2 Å². The highest BCUT2D eigenvalue weighted by molar-refractivity contribution is 7.47. The number of esters is 4. The van der Waals surface area contributed by atoms with Crippen LogP contribution in [0.4, 0.5) is 0 Å². The maximum absolute atomic E-state index is 13.1. The number of carbonyl (C=O) groups excluding carboxylic acids is 4. The monoisotopic (exact) mass is 1380 g/mol. The molecule has 0 aliphatic heterocycles. The van der Waals surface area contributed by atoms with Gasteiger partial charge in [-0.05, 0) is 49.4 Å². The molecule has 0 rings (SSSR count). The van der Waals surface area contributed by atoms with Gasteiger partial charge in [-0.3, -0.25) is 37.3 Å². The van der Waals surface area contributed by atoms with Crippen LogP contribution < -0.4 is 0 Å². The normalized spacial score (nSPS) is 14.7. The van der Waals surface area contributed by atoms with Gasteiger partial charge in [-0.25, -0.2) is 9.13 Å². The van der Waals surface area contributed by atoms with Gasteiger partial charge >= 0.3 is 39.5 Å². The number of aliphatic hydroxyl groups excluding tert-OH is 1. The SMILES string of the molecule is CCC(C)CCCCCCCCCCC(=O)O[C@H](COC(=O)CCCCCCCCCCC(C)C)COP(=O)(O)OC[C@@H](O)COP(=O)(O)OC[C@@H](COC(=O)CCCCCCCCC(C)CC)OC(=O)CCCCCCCCCCCCCCCCCCCCC(C)C. The maximum atomic E-state index is 13.1. The van der Waals surface area contributed by atoms with Crippen LogP contribution in [0, 0.1) is 23.7 Å². The fraction of sp³-hybridized carbons (Fsp3) is 0.947. The number of phosphoric acid groups is 2. The molecule has 0 spiro atoms. The highest BCUT2D eigenvalue weighted by Gasteiger charge is 2.30. The minimum Gasteiger partial charge on any atom is -0.462 e. The summed E-state index contributed by atoms with van der Waals surface area (Å²) in [5.74, 6) is 0.921. The van der Waals surface area contributed by atoms with Crippen molar-refractivity contribution < 1.29 is 80.2 Å². The third-order valence-electron chi connectivity index (χ3n) is 18.0. The standard InChI is InChI=1S/C75H146O17P2/c1-9-67(7)53-45-37-29-24-26-32-42-50-58-75(80)92-70(61-85-72(77)55-47-39-30-25-23-28-36-44-52-66(5)6)63-89-93(81,82)87-59-69(76)60-88-94(83,84)90-64-71(62-86-73(78)56-48-40-34-33-38-46-54-68(8)10-2)91-74(79)57-49-41-31-22-20-18-16-14-12-11-13-15-17-19-21-27-35-43-51-65(3)4/h65-71,76H,9-64H2,1-8H3,(H,81,82)(H,83,84)/t67?,68?,69-,70-,71-/m1/s1. The van der Waals surface area contributed by atoms with Crippen molar-refractivity contribution in [1.82, 2.24) is 0 Å². The number of phosphoric ester groups is 2. The number of carbonyl (C=O) groups is 4. The largest absolute Gasteiger partial charge is 0.472 e. The van der Waals surface area contributed by atoms with E-state index in [1.807, 2.05) is 0 Å². The Morgan fingerprint density at radius 2 is 0.511 bits per heavy atom. The van der Waals surface area contributed by atoms with Gasteiger partial charge < -0.3 is 33.8 Å². The molecule has 0 radical (unpaired) electrons. The van der Waals surface area contributed by atoms with Gasteiger partial charge in [-0.15, -0.1) is 0 Å². The molecule has 0 fully saturated rings. The van der Waals surface area contributed by atoms with Crippen LogP contribution in [0.3, 0.4) is 0 Å². The summed E-state index contributed by atoms with van der Waals surface area (Å²) >= 11 is 0. The molecule has 0 aliphatic carbocycles. The number of ether oxygens (including phenoxy) is 4. The first-order valence-electron chi connectivity index (χ1n) is 38.8. The van der Waals surface area contributed by atoms with Crippen molar-refractivity contribution in [2.75, 3.05) is 39.6 Å². The van der Waals surface area contributed by atoms with Crippen LogP contribution in [0.25, 0.3) is 0 Å². The Morgan fingerprint density at radius 3 is 0.755 bits per heavy atom. The van der Waals surface area contributed by atoms with E-state index in [0.29, 0.717) is 25.7 Å². The molecule has 0 saturated carbocycles. The van der Waals surface area contributed by atoms with E-state index in [1.54, 1.807) is 0 Å². The first kappa shape index (κ1) is 92.1. The van der Waals surface area contributed by atoms with Gasteiger partial charge in [0, 0.05) is 25.7 Å². The molecule has 0 bridgehead atoms. The van der Waals surface area contributed by atoms with Crippen LogP contribution in [-0.4, -0.2) is 96.7 Å². The third kappa shape index (κ3) is 66.0. The summed E-state index contributed by atoms with van der Waals surface area (Å²) in [4.78, 5) is 72.7. The van der Waals surface area contributed by atoms with E-state index in [-0.39, 0.29) is 25.7 Å². The molecule has 17 nitrogen and oxygen atoms in total. The number of hydrogen-bond acceptors (Lipinski definition) is 15. The van der Waals surface area contributed by atoms with Crippen molar-refractivity contribution in [2.45, 2.75) is 395 Å². The summed E-state index contributed by atoms with van der Waals surface area (Å²) in [6, 6.07) is 0. The van der Waals surface area contributed by atoms with Crippen LogP contribution in [0.2, 0.25) is 0 Å². The van der Waals surface area contributed by atoms with E-state index >= 15 is 0 Å². The second kappa shape index (κ2) is 64.4. The van der Waals surface area contributed by atoms with E-state index in [4.69, 9.17) is 37.0 Å². The number of rotatable bonds is 72. The van der Waals surface area contributed by atoms with Crippen molar-refractivity contribution in [3.63, 3.8) is 0 Å². The second-order valence-corrected chi connectivity index (χ2v) is 31.4. The van der Waals surface area contributed by atoms with Crippen molar-refractivity contribution in [2.24, 2.45) is 23.7 Å². The molecule has 0 aliphatic rings. The van der Waals surface area contributed by atoms with Crippen molar-refractivity contribution in [3.05, 3.63) is 0 Å². The minimum atomic E-state index is -4.96. The Bertz CT molecular complexity index is 1850. The summed E-state index contributed by atoms with van der Waals surface area (Å²) in [5, 5.41) is 10.6. The highest BCUT2D eigenvalue weighted by atomic mass is 31.2. The van der Waals surface area contributed by atoms with Gasteiger partial charge in [-0.2, -0.15) is 0 Å². The topological polar surface area (TPSA) is 237 Å². The first-order chi connectivity index (χ1) is 45.2. The lowest BCUT2D eigenvalue weighted by Gasteiger charge is -2.21. The molecule has 0 aromatic rings. The Balaban J connectivity index is 5.19. The van der Waals surface area contributed by atoms with Crippen LogP contribution in [0.1, 0.15) is 376 Å². The fourth-order valence-corrected chi connectivity index (χ4v) is 12.9. The molecular formula is C75H146O17P2. The zero-order valence-corrected chi connectivity index (χ0v) is 63.4. The molecular weight excluding hydrogens is 1230 g/mol. The minimum absolute atomic E-state index is 0.104. The van der Waals surface area contributed by atoms with Gasteiger partial charge in [-0.1, -0.05) is 325 Å². The van der Waals surface area contributed by atoms with E-state index < -0.39 is 97.5 Å².